The molecule has 7 nitrogen and oxygen atoms in total. The Kier molecular flexibility index (Phi) is 7.43. The van der Waals surface area contributed by atoms with Gasteiger partial charge in [0.25, 0.3) is 0 Å². The van der Waals surface area contributed by atoms with Gasteiger partial charge in [-0.2, -0.15) is 4.98 Å². The van der Waals surface area contributed by atoms with Gasteiger partial charge in [-0.3, -0.25) is 0 Å². The molecule has 202 valence electrons. The maximum atomic E-state index is 13.8. The molecule has 3 N–H and O–H groups in total. The summed E-state index contributed by atoms with van der Waals surface area (Å²) >= 11 is 7.97. The molecule has 0 bridgehead atoms. The molecule has 0 atom stereocenters. The van der Waals surface area contributed by atoms with Crippen molar-refractivity contribution in [3.05, 3.63) is 141 Å². The van der Waals surface area contributed by atoms with Gasteiger partial charge >= 0.3 is 5.97 Å². The van der Waals surface area contributed by atoms with E-state index in [0.717, 1.165) is 21.4 Å². The van der Waals surface area contributed by atoms with E-state index in [1.54, 1.807) is 11.4 Å². The van der Waals surface area contributed by atoms with Gasteiger partial charge in [-0.05, 0) is 18.3 Å². The van der Waals surface area contributed by atoms with Crippen molar-refractivity contribution in [2.24, 2.45) is 5.16 Å². The molecule has 6 aromatic rings. The highest BCUT2D eigenvalue weighted by Gasteiger charge is 2.40. The number of nitrogens with two attached hydrogens (primary N) is 1. The van der Waals surface area contributed by atoms with E-state index in [9.17, 15) is 4.79 Å². The molecule has 0 unspecified atom stereocenters. The van der Waals surface area contributed by atoms with E-state index in [1.165, 1.54) is 22.7 Å². The molecule has 0 aliphatic rings. The fraction of sp³-hybridized carbons (Fsp3) is 0.0323. The average molecular weight is 595 g/mol. The SMILES string of the molecule is Nc1nc(OC(=O)C(=NOC(c2ccccc2)(c2ccccc2)c2ccccc2)c2cccc3sc(=S)[nH]c23)cs1. The number of hydrogen-bond acceptors (Lipinski definition) is 9. The molecule has 4 aromatic carbocycles. The number of esters is 1. The number of H-pyrrole nitrogens is 1. The monoisotopic (exact) mass is 594 g/mol. The normalized spacial score (nSPS) is 11.9. The molecule has 10 heteroatoms. The van der Waals surface area contributed by atoms with Crippen LogP contribution in [-0.4, -0.2) is 21.6 Å². The topological polar surface area (TPSA) is 103 Å². The number of carbonyl (C=O) groups is 1. The number of rotatable bonds is 8. The zero-order valence-corrected chi connectivity index (χ0v) is 23.8. The first-order valence-corrected chi connectivity index (χ1v) is 14.6. The highest BCUT2D eigenvalue weighted by molar-refractivity contribution is 7.73. The second-order valence-corrected chi connectivity index (χ2v) is 11.5. The second-order valence-electron chi connectivity index (χ2n) is 8.92. The third-order valence-corrected chi connectivity index (χ3v) is 8.27. The van der Waals surface area contributed by atoms with Crippen LogP contribution in [0, 0.1) is 3.95 Å². The van der Waals surface area contributed by atoms with Crippen LogP contribution in [0.2, 0.25) is 0 Å². The number of ether oxygens (including phenoxy) is 1. The van der Waals surface area contributed by atoms with Gasteiger partial charge in [-0.15, -0.1) is 22.7 Å². The number of fused-ring (bicyclic) bond motifs is 1. The number of benzene rings is 4. The van der Waals surface area contributed by atoms with Crippen molar-refractivity contribution in [3.63, 3.8) is 0 Å². The molecule has 0 spiro atoms. The van der Waals surface area contributed by atoms with Crippen molar-refractivity contribution in [1.82, 2.24) is 9.97 Å². The summed E-state index contributed by atoms with van der Waals surface area (Å²) in [5.74, 6) is -0.674. The highest BCUT2D eigenvalue weighted by atomic mass is 32.1. The number of aromatic amines is 1. The Morgan fingerprint density at radius 2 is 1.44 bits per heavy atom. The molecule has 2 aromatic heterocycles. The predicted molar refractivity (Wildman–Crippen MR) is 166 cm³/mol. The van der Waals surface area contributed by atoms with Crippen LogP contribution in [0.3, 0.4) is 0 Å². The Balaban J connectivity index is 1.57. The molecule has 0 saturated carbocycles. The quantitative estimate of drug-likeness (QED) is 0.0630. The van der Waals surface area contributed by atoms with Gasteiger partial charge in [0.15, 0.2) is 14.8 Å². The summed E-state index contributed by atoms with van der Waals surface area (Å²) in [6, 6.07) is 34.8. The first kappa shape index (κ1) is 26.6. The lowest BCUT2D eigenvalue weighted by Gasteiger charge is -2.33. The van der Waals surface area contributed by atoms with Crippen LogP contribution in [0.1, 0.15) is 22.3 Å². The van der Waals surface area contributed by atoms with Crippen LogP contribution in [0.5, 0.6) is 5.88 Å². The van der Waals surface area contributed by atoms with Crippen LogP contribution in [0.25, 0.3) is 10.2 Å². The zero-order valence-electron chi connectivity index (χ0n) is 21.4. The van der Waals surface area contributed by atoms with E-state index in [4.69, 9.17) is 27.5 Å². The van der Waals surface area contributed by atoms with Crippen molar-refractivity contribution in [2.45, 2.75) is 5.60 Å². The molecule has 0 saturated heterocycles. The Bertz CT molecular complexity index is 1800. The van der Waals surface area contributed by atoms with E-state index in [1.807, 2.05) is 103 Å². The third-order valence-electron chi connectivity index (χ3n) is 6.42. The van der Waals surface area contributed by atoms with Gasteiger partial charge in [-0.1, -0.05) is 108 Å². The second kappa shape index (κ2) is 11.5. The predicted octanol–water partition coefficient (Wildman–Crippen LogP) is 7.32. The van der Waals surface area contributed by atoms with Crippen molar-refractivity contribution < 1.29 is 14.4 Å². The number of hydrogen-bond donors (Lipinski definition) is 2. The van der Waals surface area contributed by atoms with Gasteiger partial charge in [0.1, 0.15) is 0 Å². The lowest BCUT2D eigenvalue weighted by molar-refractivity contribution is -0.127. The number of nitrogen functional groups attached to an aromatic ring is 1. The van der Waals surface area contributed by atoms with Gasteiger partial charge in [0.05, 0.1) is 15.6 Å². The van der Waals surface area contributed by atoms with Crippen molar-refractivity contribution in [2.75, 3.05) is 5.73 Å². The van der Waals surface area contributed by atoms with Crippen molar-refractivity contribution >= 4 is 61.9 Å². The maximum Gasteiger partial charge on any atom is 0.367 e. The summed E-state index contributed by atoms with van der Waals surface area (Å²) in [6.07, 6.45) is 0. The summed E-state index contributed by atoms with van der Waals surface area (Å²) in [6.45, 7) is 0. The smallest absolute Gasteiger partial charge is 0.367 e. The van der Waals surface area contributed by atoms with Gasteiger partial charge in [-0.25, -0.2) is 4.79 Å². The fourth-order valence-corrected chi connectivity index (χ4v) is 6.22. The number of para-hydroxylation sites is 1. The molecule has 0 radical (unpaired) electrons. The van der Waals surface area contributed by atoms with E-state index >= 15 is 0 Å². The number of anilines is 1. The van der Waals surface area contributed by atoms with Gasteiger partial charge in [0.2, 0.25) is 11.5 Å². The number of nitrogens with one attached hydrogen (secondary N) is 1. The van der Waals surface area contributed by atoms with Crippen LogP contribution >= 0.6 is 34.9 Å². The molecule has 2 heterocycles. The minimum atomic E-state index is -1.20. The molecular weight excluding hydrogens is 573 g/mol. The minimum Gasteiger partial charge on any atom is -0.402 e. The summed E-state index contributed by atoms with van der Waals surface area (Å²) in [4.78, 5) is 27.6. The van der Waals surface area contributed by atoms with Crippen LogP contribution in [0.15, 0.2) is 120 Å². The Labute approximate surface area is 248 Å². The first-order chi connectivity index (χ1) is 20.0. The summed E-state index contributed by atoms with van der Waals surface area (Å²) in [5.41, 5.74) is 8.14. The number of oxime groups is 1. The summed E-state index contributed by atoms with van der Waals surface area (Å²) in [7, 11) is 0. The molecule has 0 aliphatic carbocycles. The minimum absolute atomic E-state index is 0.0570. The lowest BCUT2D eigenvalue weighted by Crippen LogP contribution is -2.33. The Morgan fingerprint density at radius 3 is 1.98 bits per heavy atom. The van der Waals surface area contributed by atoms with Crippen LogP contribution in [0.4, 0.5) is 5.13 Å². The molecule has 0 aliphatic heterocycles. The number of nitrogens with zero attached hydrogens (tertiary/aromatic N) is 2. The van der Waals surface area contributed by atoms with Gasteiger partial charge in [0, 0.05) is 22.3 Å². The Morgan fingerprint density at radius 1 is 0.854 bits per heavy atom. The first-order valence-electron chi connectivity index (χ1n) is 12.5. The standard InChI is InChI=1S/C31H22N4O3S3/c32-29-33-25(19-40-29)37-28(36)27(23-17-10-18-24-26(23)34-30(39)41-24)35-38-31(20-11-4-1-5-12-20,21-13-6-2-7-14-21)22-15-8-3-9-16-22/h1-19H,(H2,32,33)(H,34,39). The lowest BCUT2D eigenvalue weighted by atomic mass is 9.80. The van der Waals surface area contributed by atoms with Gasteiger partial charge < -0.3 is 20.3 Å². The fourth-order valence-electron chi connectivity index (χ4n) is 4.62. The molecule has 6 rings (SSSR count). The largest absolute Gasteiger partial charge is 0.402 e. The highest BCUT2D eigenvalue weighted by Crippen LogP contribution is 2.41. The van der Waals surface area contributed by atoms with Crippen molar-refractivity contribution in [3.8, 4) is 5.88 Å². The molecular formula is C31H22N4O3S3. The Hall–Kier alpha value is -4.64. The molecule has 0 amide bonds. The van der Waals surface area contributed by atoms with Crippen molar-refractivity contribution in [1.29, 1.82) is 0 Å². The summed E-state index contributed by atoms with van der Waals surface area (Å²) in [5, 5.41) is 6.44. The third kappa shape index (κ3) is 5.28. The molecule has 0 fully saturated rings. The maximum absolute atomic E-state index is 13.8. The van der Waals surface area contributed by atoms with Crippen LogP contribution < -0.4 is 10.5 Å². The van der Waals surface area contributed by atoms with E-state index in [0.29, 0.717) is 15.0 Å². The van der Waals surface area contributed by atoms with E-state index in [-0.39, 0.29) is 16.7 Å². The zero-order chi connectivity index (χ0) is 28.2. The number of carbonyl (C=O) groups excluding carboxylic acids is 1. The average Bonchev–Trinajstić information content (AvgIpc) is 3.60. The summed E-state index contributed by atoms with van der Waals surface area (Å²) < 4.78 is 7.06. The molecule has 41 heavy (non-hydrogen) atoms. The number of aromatic nitrogens is 2. The van der Waals surface area contributed by atoms with E-state index < -0.39 is 11.6 Å². The van der Waals surface area contributed by atoms with E-state index in [2.05, 4.69) is 15.1 Å². The van der Waals surface area contributed by atoms with Crippen LogP contribution in [-0.2, 0) is 15.2 Å². The number of thiazole rings is 2.